The first kappa shape index (κ1) is 13.5. The molecule has 0 aromatic carbocycles. The average molecular weight is 261 g/mol. The molecule has 0 spiro atoms. The van der Waals surface area contributed by atoms with Gasteiger partial charge in [0.25, 0.3) is 0 Å². The molecule has 0 unspecified atom stereocenters. The zero-order valence-corrected chi connectivity index (χ0v) is 11.8. The van der Waals surface area contributed by atoms with Crippen LogP contribution in [0.5, 0.6) is 0 Å². The fourth-order valence-electron chi connectivity index (χ4n) is 2.24. The number of hydrogen-bond donors (Lipinski definition) is 0. The van der Waals surface area contributed by atoms with E-state index in [9.17, 15) is 4.79 Å². The van der Waals surface area contributed by atoms with E-state index in [0.29, 0.717) is 6.42 Å². The van der Waals surface area contributed by atoms with E-state index < -0.39 is 0 Å². The number of carbonyl (C=O) groups excluding carboxylic acids is 1. The molecule has 2 aromatic rings. The Kier molecular flexibility index (Phi) is 3.78. The normalized spacial score (nSPS) is 10.9. The Bertz CT molecular complexity index is 596. The largest absolute Gasteiger partial charge is 0.314 e. The Morgan fingerprint density at radius 2 is 1.95 bits per heavy atom. The number of carbonyl (C=O) groups is 1. The van der Waals surface area contributed by atoms with Crippen LogP contribution in [0, 0.1) is 13.8 Å². The summed E-state index contributed by atoms with van der Waals surface area (Å²) in [6.45, 7) is 4.00. The predicted molar refractivity (Wildman–Crippen MR) is 71.7 cm³/mol. The van der Waals surface area contributed by atoms with Crippen molar-refractivity contribution in [3.63, 3.8) is 0 Å². The minimum absolute atomic E-state index is 0.563. The van der Waals surface area contributed by atoms with Crippen LogP contribution in [0.25, 0.3) is 11.4 Å². The SMILES string of the molecule is Cc1nn(C)c(C)c1-c1nnc(CCCC=O)n1C. The molecule has 2 heterocycles. The minimum Gasteiger partial charge on any atom is -0.314 e. The van der Waals surface area contributed by atoms with Gasteiger partial charge in [0.1, 0.15) is 12.1 Å². The van der Waals surface area contributed by atoms with Gasteiger partial charge in [0.15, 0.2) is 5.82 Å². The third kappa shape index (κ3) is 2.43. The summed E-state index contributed by atoms with van der Waals surface area (Å²) >= 11 is 0. The Hall–Kier alpha value is -1.98. The third-order valence-electron chi connectivity index (χ3n) is 3.42. The predicted octanol–water partition coefficient (Wildman–Crippen LogP) is 1.35. The lowest BCUT2D eigenvalue weighted by Gasteiger charge is -2.04. The number of nitrogens with zero attached hydrogens (tertiary/aromatic N) is 5. The second-order valence-electron chi connectivity index (χ2n) is 4.73. The Morgan fingerprint density at radius 1 is 1.21 bits per heavy atom. The molecule has 19 heavy (non-hydrogen) atoms. The number of unbranched alkanes of at least 4 members (excludes halogenated alkanes) is 1. The van der Waals surface area contributed by atoms with E-state index in [2.05, 4.69) is 15.3 Å². The Labute approximate surface area is 112 Å². The highest BCUT2D eigenvalue weighted by Crippen LogP contribution is 2.25. The number of aryl methyl sites for hydroxylation is 3. The summed E-state index contributed by atoms with van der Waals surface area (Å²) in [5.74, 6) is 1.74. The average Bonchev–Trinajstić information content (AvgIpc) is 2.83. The van der Waals surface area contributed by atoms with Crippen LogP contribution in [0.1, 0.15) is 30.1 Å². The van der Waals surface area contributed by atoms with Gasteiger partial charge in [0.2, 0.25) is 0 Å². The van der Waals surface area contributed by atoms with Crippen LogP contribution in [0.4, 0.5) is 0 Å². The van der Waals surface area contributed by atoms with Gasteiger partial charge in [-0.15, -0.1) is 10.2 Å². The zero-order valence-electron chi connectivity index (χ0n) is 11.8. The smallest absolute Gasteiger partial charge is 0.167 e. The molecule has 2 aromatic heterocycles. The molecule has 0 bridgehead atoms. The van der Waals surface area contributed by atoms with Gasteiger partial charge in [-0.2, -0.15) is 5.10 Å². The van der Waals surface area contributed by atoms with E-state index in [0.717, 1.165) is 47.7 Å². The monoisotopic (exact) mass is 261 g/mol. The molecule has 0 saturated heterocycles. The van der Waals surface area contributed by atoms with Crippen LogP contribution in [-0.2, 0) is 25.3 Å². The van der Waals surface area contributed by atoms with Gasteiger partial charge in [0, 0.05) is 32.6 Å². The minimum atomic E-state index is 0.563. The van der Waals surface area contributed by atoms with Gasteiger partial charge in [-0.25, -0.2) is 0 Å². The van der Waals surface area contributed by atoms with Crippen molar-refractivity contribution in [3.05, 3.63) is 17.2 Å². The number of aldehydes is 1. The van der Waals surface area contributed by atoms with Crippen molar-refractivity contribution in [1.29, 1.82) is 0 Å². The molecule has 0 aliphatic heterocycles. The molecular formula is C13H19N5O. The number of aromatic nitrogens is 5. The summed E-state index contributed by atoms with van der Waals surface area (Å²) in [6.07, 6.45) is 3.07. The molecule has 0 saturated carbocycles. The van der Waals surface area contributed by atoms with Crippen LogP contribution >= 0.6 is 0 Å². The maximum atomic E-state index is 10.3. The standard InChI is InChI=1S/C13H19N5O/c1-9-12(10(2)18(4)16-9)13-15-14-11(17(13)3)7-5-6-8-19/h8H,5-7H2,1-4H3. The molecule has 0 atom stereocenters. The van der Waals surface area contributed by atoms with Crippen molar-refractivity contribution in [2.75, 3.05) is 0 Å². The molecule has 0 radical (unpaired) electrons. The number of rotatable bonds is 5. The van der Waals surface area contributed by atoms with Gasteiger partial charge in [-0.3, -0.25) is 4.68 Å². The first-order valence-electron chi connectivity index (χ1n) is 6.38. The van der Waals surface area contributed by atoms with Crippen molar-refractivity contribution >= 4 is 6.29 Å². The van der Waals surface area contributed by atoms with E-state index in [4.69, 9.17) is 0 Å². The van der Waals surface area contributed by atoms with E-state index in [1.165, 1.54) is 0 Å². The second-order valence-corrected chi connectivity index (χ2v) is 4.73. The van der Waals surface area contributed by atoms with E-state index in [1.54, 1.807) is 0 Å². The fourth-order valence-corrected chi connectivity index (χ4v) is 2.24. The quantitative estimate of drug-likeness (QED) is 0.602. The van der Waals surface area contributed by atoms with Gasteiger partial charge >= 0.3 is 0 Å². The summed E-state index contributed by atoms with van der Waals surface area (Å²) in [6, 6.07) is 0. The molecular weight excluding hydrogens is 242 g/mol. The van der Waals surface area contributed by atoms with Gasteiger partial charge in [-0.05, 0) is 20.3 Å². The summed E-state index contributed by atoms with van der Waals surface area (Å²) < 4.78 is 3.84. The molecule has 2 rings (SSSR count). The fraction of sp³-hybridized carbons (Fsp3) is 0.538. The lowest BCUT2D eigenvalue weighted by atomic mass is 10.2. The Morgan fingerprint density at radius 3 is 2.53 bits per heavy atom. The van der Waals surface area contributed by atoms with Gasteiger partial charge in [0.05, 0.1) is 11.3 Å². The van der Waals surface area contributed by atoms with Crippen LogP contribution in [0.2, 0.25) is 0 Å². The summed E-state index contributed by atoms with van der Waals surface area (Å²) in [7, 11) is 3.88. The molecule has 102 valence electrons. The van der Waals surface area contributed by atoms with Crippen LogP contribution in [0.3, 0.4) is 0 Å². The lowest BCUT2D eigenvalue weighted by Crippen LogP contribution is -2.01. The van der Waals surface area contributed by atoms with Gasteiger partial charge < -0.3 is 9.36 Å². The molecule has 0 fully saturated rings. The summed E-state index contributed by atoms with van der Waals surface area (Å²) in [4.78, 5) is 10.3. The topological polar surface area (TPSA) is 65.6 Å². The van der Waals surface area contributed by atoms with E-state index in [1.807, 2.05) is 37.2 Å². The first-order valence-corrected chi connectivity index (χ1v) is 6.38. The van der Waals surface area contributed by atoms with E-state index >= 15 is 0 Å². The van der Waals surface area contributed by atoms with Gasteiger partial charge in [-0.1, -0.05) is 0 Å². The third-order valence-corrected chi connectivity index (χ3v) is 3.42. The molecule has 0 aliphatic carbocycles. The first-order chi connectivity index (χ1) is 9.06. The highest BCUT2D eigenvalue weighted by molar-refractivity contribution is 5.61. The highest BCUT2D eigenvalue weighted by atomic mass is 16.1. The zero-order chi connectivity index (χ0) is 14.0. The summed E-state index contributed by atoms with van der Waals surface area (Å²) in [5, 5.41) is 12.9. The van der Waals surface area contributed by atoms with Crippen LogP contribution in [-0.4, -0.2) is 30.8 Å². The lowest BCUT2D eigenvalue weighted by molar-refractivity contribution is -0.107. The molecule has 6 heteroatoms. The molecule has 0 aliphatic rings. The van der Waals surface area contributed by atoms with Crippen molar-refractivity contribution in [2.24, 2.45) is 14.1 Å². The van der Waals surface area contributed by atoms with E-state index in [-0.39, 0.29) is 0 Å². The highest BCUT2D eigenvalue weighted by Gasteiger charge is 2.18. The maximum Gasteiger partial charge on any atom is 0.167 e. The Balaban J connectivity index is 2.33. The van der Waals surface area contributed by atoms with Crippen LogP contribution in [0.15, 0.2) is 0 Å². The van der Waals surface area contributed by atoms with Crippen molar-refractivity contribution in [3.8, 4) is 11.4 Å². The van der Waals surface area contributed by atoms with Crippen molar-refractivity contribution in [2.45, 2.75) is 33.1 Å². The van der Waals surface area contributed by atoms with Crippen molar-refractivity contribution < 1.29 is 4.79 Å². The molecule has 0 N–H and O–H groups in total. The number of hydrogen-bond acceptors (Lipinski definition) is 4. The maximum absolute atomic E-state index is 10.3. The van der Waals surface area contributed by atoms with Crippen LogP contribution < -0.4 is 0 Å². The summed E-state index contributed by atoms with van der Waals surface area (Å²) in [5.41, 5.74) is 3.07. The van der Waals surface area contributed by atoms with Crippen molar-refractivity contribution in [1.82, 2.24) is 24.5 Å². The second kappa shape index (κ2) is 5.34. The molecule has 0 amide bonds. The molecule has 6 nitrogen and oxygen atoms in total.